The van der Waals surface area contributed by atoms with Crippen LogP contribution in [0.15, 0.2) is 29.3 Å². The number of hydrogen-bond donors (Lipinski definition) is 3. The number of ether oxygens (including phenoxy) is 1. The Balaban J connectivity index is 0.00000312. The van der Waals surface area contributed by atoms with Gasteiger partial charge in [0.25, 0.3) is 0 Å². The summed E-state index contributed by atoms with van der Waals surface area (Å²) in [6, 6.07) is 7.83. The van der Waals surface area contributed by atoms with Gasteiger partial charge in [0.15, 0.2) is 5.96 Å². The van der Waals surface area contributed by atoms with Crippen molar-refractivity contribution in [2.75, 3.05) is 13.1 Å². The van der Waals surface area contributed by atoms with E-state index in [1.54, 1.807) is 0 Å². The van der Waals surface area contributed by atoms with Gasteiger partial charge in [-0.2, -0.15) is 0 Å². The van der Waals surface area contributed by atoms with Crippen molar-refractivity contribution >= 4 is 41.5 Å². The molecule has 142 valence electrons. The Morgan fingerprint density at radius 3 is 2.64 bits per heavy atom. The van der Waals surface area contributed by atoms with Crippen LogP contribution in [0, 0.1) is 0 Å². The average Bonchev–Trinajstić information content (AvgIpc) is 2.57. The Labute approximate surface area is 172 Å². The van der Waals surface area contributed by atoms with Crippen LogP contribution in [0.5, 0.6) is 5.75 Å². The first-order chi connectivity index (χ1) is 11.6. The zero-order valence-corrected chi connectivity index (χ0v) is 18.0. The molecule has 1 aliphatic carbocycles. The Morgan fingerprint density at radius 1 is 1.32 bits per heavy atom. The molecule has 0 bridgehead atoms. The Morgan fingerprint density at radius 2 is 2.00 bits per heavy atom. The first kappa shape index (κ1) is 22.3. The van der Waals surface area contributed by atoms with Gasteiger partial charge < -0.3 is 20.5 Å². The number of para-hydroxylation sites is 1. The summed E-state index contributed by atoms with van der Waals surface area (Å²) in [6.45, 7) is 5.37. The molecule has 0 saturated heterocycles. The highest BCUT2D eigenvalue weighted by Gasteiger charge is 2.20. The van der Waals surface area contributed by atoms with E-state index in [9.17, 15) is 5.11 Å². The smallest absolute Gasteiger partial charge is 0.191 e. The van der Waals surface area contributed by atoms with Crippen molar-refractivity contribution in [1.82, 2.24) is 10.6 Å². The Kier molecular flexibility index (Phi) is 10.5. The molecule has 3 N–H and O–H groups in total. The highest BCUT2D eigenvalue weighted by Crippen LogP contribution is 2.24. The zero-order valence-electron chi connectivity index (χ0n) is 14.9. The third-order valence-corrected chi connectivity index (χ3v) is 4.37. The molecule has 0 heterocycles. The van der Waals surface area contributed by atoms with Crippen molar-refractivity contribution in [2.45, 2.75) is 57.8 Å². The van der Waals surface area contributed by atoms with E-state index in [1.165, 1.54) is 0 Å². The molecular weight excluding hydrogens is 453 g/mol. The summed E-state index contributed by atoms with van der Waals surface area (Å²) in [5.74, 6) is 1.48. The highest BCUT2D eigenvalue weighted by molar-refractivity contribution is 14.0. The summed E-state index contributed by atoms with van der Waals surface area (Å²) in [4.78, 5) is 4.62. The van der Waals surface area contributed by atoms with E-state index in [0.717, 1.165) is 38.2 Å². The lowest BCUT2D eigenvalue weighted by Gasteiger charge is -2.27. The summed E-state index contributed by atoms with van der Waals surface area (Å²) in [5.41, 5.74) is 0. The third-order valence-electron chi connectivity index (χ3n) is 4.05. The molecule has 7 heteroatoms. The van der Waals surface area contributed by atoms with Gasteiger partial charge in [-0.25, -0.2) is 4.99 Å². The van der Waals surface area contributed by atoms with Crippen molar-refractivity contribution < 1.29 is 9.84 Å². The van der Waals surface area contributed by atoms with Crippen molar-refractivity contribution in [3.8, 4) is 5.75 Å². The van der Waals surface area contributed by atoms with Gasteiger partial charge in [0.1, 0.15) is 11.9 Å². The molecule has 1 aromatic carbocycles. The van der Waals surface area contributed by atoms with Gasteiger partial charge in [0, 0.05) is 12.6 Å². The third kappa shape index (κ3) is 8.00. The minimum absolute atomic E-state index is 0. The zero-order chi connectivity index (χ0) is 17.4. The molecule has 0 radical (unpaired) electrons. The Bertz CT molecular complexity index is 537. The molecule has 0 aromatic heterocycles. The van der Waals surface area contributed by atoms with Gasteiger partial charge in [-0.15, -0.1) is 24.0 Å². The van der Waals surface area contributed by atoms with Crippen LogP contribution in [0.1, 0.15) is 39.5 Å². The lowest BCUT2D eigenvalue weighted by molar-refractivity contribution is 0.120. The predicted octanol–water partition coefficient (Wildman–Crippen LogP) is 3.58. The van der Waals surface area contributed by atoms with Gasteiger partial charge in [0.2, 0.25) is 0 Å². The second-order valence-corrected chi connectivity index (χ2v) is 6.64. The van der Waals surface area contributed by atoms with Gasteiger partial charge in [0.05, 0.1) is 17.7 Å². The topological polar surface area (TPSA) is 65.9 Å². The number of nitrogens with one attached hydrogen (secondary N) is 2. The van der Waals surface area contributed by atoms with Gasteiger partial charge in [-0.3, -0.25) is 0 Å². The number of hydrogen-bond acceptors (Lipinski definition) is 3. The molecule has 1 unspecified atom stereocenters. The number of aliphatic hydroxyl groups excluding tert-OH is 1. The van der Waals surface area contributed by atoms with Crippen molar-refractivity contribution in [1.29, 1.82) is 0 Å². The molecule has 0 aliphatic heterocycles. The van der Waals surface area contributed by atoms with Crippen molar-refractivity contribution in [2.24, 2.45) is 4.99 Å². The van der Waals surface area contributed by atoms with Crippen LogP contribution in [0.2, 0.25) is 5.02 Å². The molecule has 1 aromatic rings. The lowest BCUT2D eigenvalue weighted by Crippen LogP contribution is -2.45. The van der Waals surface area contributed by atoms with Gasteiger partial charge >= 0.3 is 0 Å². The standard InChI is InChI=1S/C18H28ClN3O2.HI/c1-3-20-18(22-14-8-10-15(23)11-9-14)21-12-13(2)24-17-7-5-4-6-16(17)19;/h4-7,13-15,23H,3,8-12H2,1-2H3,(H2,20,21,22);1H. The normalized spacial score (nSPS) is 21.8. The summed E-state index contributed by atoms with van der Waals surface area (Å²) >= 11 is 6.12. The second-order valence-electron chi connectivity index (χ2n) is 6.23. The molecular formula is C18H29ClIN3O2. The van der Waals surface area contributed by atoms with E-state index in [2.05, 4.69) is 15.6 Å². The number of guanidine groups is 1. The van der Waals surface area contributed by atoms with E-state index >= 15 is 0 Å². The quantitative estimate of drug-likeness (QED) is 0.330. The molecule has 1 saturated carbocycles. The number of nitrogens with zero attached hydrogens (tertiary/aromatic N) is 1. The number of aliphatic imine (C=N–C) groups is 1. The largest absolute Gasteiger partial charge is 0.487 e. The number of rotatable bonds is 6. The minimum Gasteiger partial charge on any atom is -0.487 e. The fourth-order valence-electron chi connectivity index (χ4n) is 2.75. The van der Waals surface area contributed by atoms with E-state index in [-0.39, 0.29) is 36.2 Å². The molecule has 2 rings (SSSR count). The van der Waals surface area contributed by atoms with Crippen LogP contribution in [0.25, 0.3) is 0 Å². The lowest BCUT2D eigenvalue weighted by atomic mass is 9.93. The summed E-state index contributed by atoms with van der Waals surface area (Å²) in [5, 5.41) is 16.9. The molecule has 1 aliphatic rings. The number of aliphatic hydroxyl groups is 1. The predicted molar refractivity (Wildman–Crippen MR) is 114 cm³/mol. The van der Waals surface area contributed by atoms with Gasteiger partial charge in [-0.05, 0) is 51.7 Å². The van der Waals surface area contributed by atoms with Crippen LogP contribution < -0.4 is 15.4 Å². The van der Waals surface area contributed by atoms with E-state index in [0.29, 0.717) is 23.4 Å². The fraction of sp³-hybridized carbons (Fsp3) is 0.611. The molecule has 1 fully saturated rings. The summed E-state index contributed by atoms with van der Waals surface area (Å²) in [7, 11) is 0. The SMILES string of the molecule is CCNC(=NCC(C)Oc1ccccc1Cl)NC1CCC(O)CC1.I. The minimum atomic E-state index is -0.147. The molecule has 1 atom stereocenters. The van der Waals surface area contributed by atoms with E-state index in [4.69, 9.17) is 16.3 Å². The molecule has 25 heavy (non-hydrogen) atoms. The summed E-state index contributed by atoms with van der Waals surface area (Å²) in [6.07, 6.45) is 3.42. The maximum atomic E-state index is 9.60. The van der Waals surface area contributed by atoms with Crippen LogP contribution in [-0.4, -0.2) is 42.4 Å². The van der Waals surface area contributed by atoms with Crippen LogP contribution >= 0.6 is 35.6 Å². The Hall–Kier alpha value is -0.730. The monoisotopic (exact) mass is 481 g/mol. The number of halogens is 2. The van der Waals surface area contributed by atoms with Crippen molar-refractivity contribution in [3.05, 3.63) is 29.3 Å². The molecule has 0 spiro atoms. The first-order valence-corrected chi connectivity index (χ1v) is 9.10. The maximum absolute atomic E-state index is 9.60. The van der Waals surface area contributed by atoms with E-state index in [1.807, 2.05) is 38.1 Å². The molecule has 0 amide bonds. The van der Waals surface area contributed by atoms with Crippen LogP contribution in [0.3, 0.4) is 0 Å². The maximum Gasteiger partial charge on any atom is 0.191 e. The first-order valence-electron chi connectivity index (χ1n) is 8.72. The highest BCUT2D eigenvalue weighted by atomic mass is 127. The van der Waals surface area contributed by atoms with Gasteiger partial charge in [-0.1, -0.05) is 23.7 Å². The second kappa shape index (κ2) is 11.8. The van der Waals surface area contributed by atoms with Crippen molar-refractivity contribution in [3.63, 3.8) is 0 Å². The van der Waals surface area contributed by atoms with E-state index < -0.39 is 0 Å². The fourth-order valence-corrected chi connectivity index (χ4v) is 2.93. The summed E-state index contributed by atoms with van der Waals surface area (Å²) < 4.78 is 5.85. The molecule has 5 nitrogen and oxygen atoms in total. The average molecular weight is 482 g/mol. The van der Waals surface area contributed by atoms with Crippen LogP contribution in [0.4, 0.5) is 0 Å². The van der Waals surface area contributed by atoms with Crippen LogP contribution in [-0.2, 0) is 0 Å². The number of benzene rings is 1.